The SMILES string of the molecule is COc1ccc2[nH]cc(CC[NH2+]C[C@@H]3C(=O)O[C@@H]4C[C@@]5(C)CCC[C@@H](C)[C@@]56O[C@H]6[C@H]34)c2c1. The van der Waals surface area contributed by atoms with Gasteiger partial charge >= 0.3 is 5.97 Å². The number of fused-ring (bicyclic) bond motifs is 3. The van der Waals surface area contributed by atoms with Crippen LogP contribution in [0.15, 0.2) is 24.4 Å². The van der Waals surface area contributed by atoms with Crippen LogP contribution in [-0.2, 0) is 20.7 Å². The first-order chi connectivity index (χ1) is 15.5. The Balaban J connectivity index is 1.12. The molecule has 2 aliphatic heterocycles. The molecular weight excluding hydrogens is 404 g/mol. The maximum atomic E-state index is 12.8. The van der Waals surface area contributed by atoms with Gasteiger partial charge in [0.05, 0.1) is 26.3 Å². The van der Waals surface area contributed by atoms with Gasteiger partial charge in [0, 0.05) is 34.9 Å². The fraction of sp³-hybridized carbons (Fsp3) is 0.654. The molecule has 0 bridgehead atoms. The van der Waals surface area contributed by atoms with Crippen LogP contribution in [0.4, 0.5) is 0 Å². The van der Waals surface area contributed by atoms with E-state index >= 15 is 0 Å². The average Bonchev–Trinajstić information content (AvgIpc) is 3.31. The Hall–Kier alpha value is -2.05. The summed E-state index contributed by atoms with van der Waals surface area (Å²) in [6.07, 6.45) is 7.94. The largest absolute Gasteiger partial charge is 0.497 e. The number of hydrogen-bond donors (Lipinski definition) is 2. The number of methoxy groups -OCH3 is 1. The second-order valence-corrected chi connectivity index (χ2v) is 10.8. The summed E-state index contributed by atoms with van der Waals surface area (Å²) in [5, 5.41) is 3.50. The normalized spacial score (nSPS) is 39.8. The second-order valence-electron chi connectivity index (χ2n) is 10.8. The van der Waals surface area contributed by atoms with Crippen molar-refractivity contribution in [1.29, 1.82) is 0 Å². The molecule has 1 aromatic carbocycles. The molecule has 2 saturated heterocycles. The number of epoxide rings is 1. The first-order valence-corrected chi connectivity index (χ1v) is 12.3. The van der Waals surface area contributed by atoms with Gasteiger partial charge in [0.2, 0.25) is 0 Å². The number of carbonyl (C=O) groups excluding carboxylic acids is 1. The summed E-state index contributed by atoms with van der Waals surface area (Å²) in [5.41, 5.74) is 2.56. The molecule has 2 aromatic rings. The van der Waals surface area contributed by atoms with E-state index in [0.29, 0.717) is 5.92 Å². The Labute approximate surface area is 189 Å². The Morgan fingerprint density at radius 3 is 3.06 bits per heavy atom. The number of ether oxygens (including phenoxy) is 3. The number of rotatable bonds is 6. The minimum Gasteiger partial charge on any atom is -0.497 e. The number of quaternary nitrogens is 1. The van der Waals surface area contributed by atoms with E-state index in [1.54, 1.807) is 7.11 Å². The highest BCUT2D eigenvalue weighted by Gasteiger charge is 2.78. The van der Waals surface area contributed by atoms with Gasteiger partial charge in [0.15, 0.2) is 0 Å². The van der Waals surface area contributed by atoms with E-state index in [1.807, 2.05) is 6.07 Å². The van der Waals surface area contributed by atoms with E-state index in [1.165, 1.54) is 30.2 Å². The van der Waals surface area contributed by atoms with Crippen LogP contribution in [0.5, 0.6) is 5.75 Å². The summed E-state index contributed by atoms with van der Waals surface area (Å²) in [5.74, 6) is 1.62. The van der Waals surface area contributed by atoms with Gasteiger partial charge in [-0.05, 0) is 48.9 Å². The Bertz CT molecular complexity index is 1050. The van der Waals surface area contributed by atoms with E-state index in [4.69, 9.17) is 14.2 Å². The van der Waals surface area contributed by atoms with Gasteiger partial charge in [-0.2, -0.15) is 0 Å². The molecule has 0 unspecified atom stereocenters. The number of aromatic nitrogens is 1. The van der Waals surface area contributed by atoms with Crippen molar-refractivity contribution in [2.24, 2.45) is 23.2 Å². The molecule has 6 rings (SSSR count). The van der Waals surface area contributed by atoms with Gasteiger partial charge in [0.25, 0.3) is 0 Å². The van der Waals surface area contributed by atoms with Crippen LogP contribution in [0.1, 0.15) is 45.1 Å². The van der Waals surface area contributed by atoms with E-state index < -0.39 is 0 Å². The molecule has 0 radical (unpaired) electrons. The van der Waals surface area contributed by atoms with Crippen LogP contribution in [0.2, 0.25) is 0 Å². The number of aromatic amines is 1. The molecule has 1 spiro atoms. The van der Waals surface area contributed by atoms with E-state index in [-0.39, 0.29) is 41.0 Å². The zero-order valence-corrected chi connectivity index (χ0v) is 19.4. The predicted octanol–water partition coefficient (Wildman–Crippen LogP) is 2.81. The van der Waals surface area contributed by atoms with E-state index in [2.05, 4.69) is 42.5 Å². The van der Waals surface area contributed by atoms with Gasteiger partial charge in [-0.3, -0.25) is 4.79 Å². The molecule has 172 valence electrons. The fourth-order valence-corrected chi connectivity index (χ4v) is 7.55. The minimum atomic E-state index is -0.0499. The summed E-state index contributed by atoms with van der Waals surface area (Å²) in [6, 6.07) is 6.13. The molecule has 4 aliphatic rings. The molecule has 2 saturated carbocycles. The highest BCUT2D eigenvalue weighted by Crippen LogP contribution is 2.70. The van der Waals surface area contributed by atoms with Gasteiger partial charge in [-0.1, -0.05) is 20.3 Å². The van der Waals surface area contributed by atoms with Gasteiger partial charge in [-0.15, -0.1) is 0 Å². The van der Waals surface area contributed by atoms with Gasteiger partial charge < -0.3 is 24.5 Å². The van der Waals surface area contributed by atoms with Crippen molar-refractivity contribution in [1.82, 2.24) is 4.98 Å². The van der Waals surface area contributed by atoms with Crippen LogP contribution in [-0.4, -0.2) is 49.0 Å². The Kier molecular flexibility index (Phi) is 4.64. The van der Waals surface area contributed by atoms with Crippen LogP contribution in [0, 0.1) is 23.2 Å². The van der Waals surface area contributed by atoms with E-state index in [9.17, 15) is 4.79 Å². The standard InChI is InChI=1S/C26H34N2O4/c1-15-5-4-9-25(2)12-21-22(23-26(15,25)32-23)19(24(29)31-21)14-27-10-8-16-13-28-20-7-6-17(30-3)11-18(16)20/h6-7,11,13,15,19,21-23,27-28H,4-5,8-10,12,14H2,1-3H3/p+1/t15-,19+,21-,22-,23+,25-,26+/m1/s1. The van der Waals surface area contributed by atoms with Crippen LogP contribution < -0.4 is 10.1 Å². The summed E-state index contributed by atoms with van der Waals surface area (Å²) >= 11 is 0. The lowest BCUT2D eigenvalue weighted by Gasteiger charge is -2.48. The fourth-order valence-electron chi connectivity index (χ4n) is 7.55. The quantitative estimate of drug-likeness (QED) is 0.412. The average molecular weight is 440 g/mol. The van der Waals surface area contributed by atoms with Gasteiger partial charge in [-0.25, -0.2) is 0 Å². The smallest absolute Gasteiger partial charge is 0.315 e. The molecule has 32 heavy (non-hydrogen) atoms. The predicted molar refractivity (Wildman–Crippen MR) is 120 cm³/mol. The highest BCUT2D eigenvalue weighted by atomic mass is 16.6. The van der Waals surface area contributed by atoms with Crippen molar-refractivity contribution in [3.05, 3.63) is 30.0 Å². The van der Waals surface area contributed by atoms with Crippen molar-refractivity contribution in [2.45, 2.75) is 63.8 Å². The molecule has 3 N–H and O–H groups in total. The molecule has 6 heteroatoms. The van der Waals surface area contributed by atoms with Crippen LogP contribution in [0.25, 0.3) is 10.9 Å². The number of nitrogens with one attached hydrogen (secondary N) is 1. The highest BCUT2D eigenvalue weighted by molar-refractivity contribution is 5.84. The molecular formula is C26H35N2O4+. The lowest BCUT2D eigenvalue weighted by atomic mass is 9.53. The van der Waals surface area contributed by atoms with Crippen molar-refractivity contribution in [3.63, 3.8) is 0 Å². The third kappa shape index (κ3) is 2.81. The van der Waals surface area contributed by atoms with Crippen molar-refractivity contribution < 1.29 is 24.3 Å². The molecule has 0 amide bonds. The maximum absolute atomic E-state index is 12.8. The first-order valence-electron chi connectivity index (χ1n) is 12.3. The molecule has 7 atom stereocenters. The number of nitrogens with two attached hydrogens (primary N) is 1. The number of carbonyl (C=O) groups is 1. The number of esters is 1. The summed E-state index contributed by atoms with van der Waals surface area (Å²) in [6.45, 7) is 6.46. The topological polar surface area (TPSA) is 80.5 Å². The Morgan fingerprint density at radius 2 is 2.22 bits per heavy atom. The van der Waals surface area contributed by atoms with Crippen LogP contribution >= 0.6 is 0 Å². The molecule has 1 aromatic heterocycles. The third-order valence-electron chi connectivity index (χ3n) is 9.21. The van der Waals surface area contributed by atoms with Crippen molar-refractivity contribution in [3.8, 4) is 5.75 Å². The summed E-state index contributed by atoms with van der Waals surface area (Å²) in [4.78, 5) is 16.2. The Morgan fingerprint density at radius 1 is 1.34 bits per heavy atom. The minimum absolute atomic E-state index is 0.00590. The van der Waals surface area contributed by atoms with Crippen molar-refractivity contribution in [2.75, 3.05) is 20.2 Å². The molecule has 2 aliphatic carbocycles. The van der Waals surface area contributed by atoms with E-state index in [0.717, 1.165) is 37.2 Å². The number of benzene rings is 1. The van der Waals surface area contributed by atoms with Crippen molar-refractivity contribution >= 4 is 16.9 Å². The lowest BCUT2D eigenvalue weighted by Crippen LogP contribution is -2.86. The molecule has 6 nitrogen and oxygen atoms in total. The monoisotopic (exact) mass is 439 g/mol. The molecule has 3 heterocycles. The summed E-state index contributed by atoms with van der Waals surface area (Å²) < 4.78 is 17.9. The molecule has 4 fully saturated rings. The van der Waals surface area contributed by atoms with Gasteiger partial charge in [0.1, 0.15) is 23.4 Å². The second kappa shape index (κ2) is 7.22. The first kappa shape index (κ1) is 20.5. The maximum Gasteiger partial charge on any atom is 0.315 e. The summed E-state index contributed by atoms with van der Waals surface area (Å²) in [7, 11) is 1.70. The zero-order valence-electron chi connectivity index (χ0n) is 19.4. The van der Waals surface area contributed by atoms with Crippen LogP contribution in [0.3, 0.4) is 0 Å². The lowest BCUT2D eigenvalue weighted by molar-refractivity contribution is -0.658. The third-order valence-corrected chi connectivity index (χ3v) is 9.21. The number of H-pyrrole nitrogens is 1. The zero-order chi connectivity index (χ0) is 22.1. The number of hydrogen-bond acceptors (Lipinski definition) is 4.